The third-order valence-corrected chi connectivity index (χ3v) is 7.45. The van der Waals surface area contributed by atoms with Gasteiger partial charge in [-0.05, 0) is 89.1 Å². The van der Waals surface area contributed by atoms with Crippen molar-refractivity contribution in [2.24, 2.45) is 11.8 Å². The lowest BCUT2D eigenvalue weighted by Crippen LogP contribution is -2.48. The first-order valence-electron chi connectivity index (χ1n) is 14.9. The van der Waals surface area contributed by atoms with Crippen molar-refractivity contribution in [3.05, 3.63) is 65.9 Å². The zero-order chi connectivity index (χ0) is 31.0. The van der Waals surface area contributed by atoms with Crippen LogP contribution in [-0.4, -0.2) is 53.7 Å². The predicted octanol–water partition coefficient (Wildman–Crippen LogP) is 5.34. The van der Waals surface area contributed by atoms with Crippen LogP contribution in [0.3, 0.4) is 0 Å². The number of amides is 3. The molecule has 0 unspecified atom stereocenters. The summed E-state index contributed by atoms with van der Waals surface area (Å²) in [6.45, 7) is 8.00. The lowest BCUT2D eigenvalue weighted by Gasteiger charge is -2.29. The monoisotopic (exact) mass is 590 g/mol. The molecule has 1 fully saturated rings. The smallest absolute Gasteiger partial charge is 0.407 e. The Morgan fingerprint density at radius 2 is 1.70 bits per heavy atom. The third kappa shape index (κ3) is 9.33. The van der Waals surface area contributed by atoms with Gasteiger partial charge in [-0.3, -0.25) is 9.59 Å². The van der Waals surface area contributed by atoms with E-state index in [1.54, 1.807) is 31.2 Å². The highest BCUT2D eigenvalue weighted by Gasteiger charge is 2.30. The molecule has 4 rings (SSSR count). The molecule has 10 heteroatoms. The molecule has 1 atom stereocenters. The van der Waals surface area contributed by atoms with E-state index in [1.807, 2.05) is 51.1 Å². The summed E-state index contributed by atoms with van der Waals surface area (Å²) in [5.74, 6) is -0.847. The number of benzene rings is 2. The second-order valence-electron chi connectivity index (χ2n) is 12.0. The second kappa shape index (κ2) is 14.2. The van der Waals surface area contributed by atoms with E-state index in [-0.39, 0.29) is 30.3 Å². The SMILES string of the molecule is CCOC(=O)c1cc2cc(NC(=O)[C@H](Cc3ccccc3)NC(=O)C3CCC(CNC(=O)OC(C)(C)C)CC3)ccc2[nH]1. The summed E-state index contributed by atoms with van der Waals surface area (Å²) in [4.78, 5) is 54.0. The van der Waals surface area contributed by atoms with Crippen molar-refractivity contribution < 1.29 is 28.7 Å². The summed E-state index contributed by atoms with van der Waals surface area (Å²) in [6.07, 6.45) is 2.87. The van der Waals surface area contributed by atoms with Gasteiger partial charge in [0.2, 0.25) is 11.8 Å². The van der Waals surface area contributed by atoms with Gasteiger partial charge in [0.15, 0.2) is 0 Å². The van der Waals surface area contributed by atoms with Crippen LogP contribution < -0.4 is 16.0 Å². The summed E-state index contributed by atoms with van der Waals surface area (Å²) in [6, 6.07) is 15.8. The van der Waals surface area contributed by atoms with Gasteiger partial charge >= 0.3 is 12.1 Å². The average Bonchev–Trinajstić information content (AvgIpc) is 3.39. The number of aromatic nitrogens is 1. The van der Waals surface area contributed by atoms with Gasteiger partial charge < -0.3 is 30.4 Å². The molecule has 0 bridgehead atoms. The molecule has 10 nitrogen and oxygen atoms in total. The first-order valence-corrected chi connectivity index (χ1v) is 14.9. The molecule has 3 aromatic rings. The molecule has 1 saturated carbocycles. The van der Waals surface area contributed by atoms with Crippen molar-refractivity contribution in [3.63, 3.8) is 0 Å². The van der Waals surface area contributed by atoms with Crippen molar-refractivity contribution >= 4 is 40.5 Å². The fourth-order valence-electron chi connectivity index (χ4n) is 5.28. The summed E-state index contributed by atoms with van der Waals surface area (Å²) in [7, 11) is 0. The molecule has 0 aliphatic heterocycles. The molecule has 1 aromatic heterocycles. The fourth-order valence-corrected chi connectivity index (χ4v) is 5.28. The van der Waals surface area contributed by atoms with E-state index >= 15 is 0 Å². The van der Waals surface area contributed by atoms with Crippen molar-refractivity contribution in [1.82, 2.24) is 15.6 Å². The number of hydrogen-bond acceptors (Lipinski definition) is 6. The van der Waals surface area contributed by atoms with Crippen molar-refractivity contribution in [3.8, 4) is 0 Å². The lowest BCUT2D eigenvalue weighted by atomic mass is 9.81. The summed E-state index contributed by atoms with van der Waals surface area (Å²) < 4.78 is 10.4. The number of carbonyl (C=O) groups excluding carboxylic acids is 4. The molecule has 2 aromatic carbocycles. The highest BCUT2D eigenvalue weighted by molar-refractivity contribution is 6.00. The molecule has 230 valence electrons. The maximum absolute atomic E-state index is 13.5. The van der Waals surface area contributed by atoms with Crippen molar-refractivity contribution in [1.29, 1.82) is 0 Å². The minimum atomic E-state index is -0.779. The topological polar surface area (TPSA) is 139 Å². The van der Waals surface area contributed by atoms with Gasteiger partial charge in [-0.2, -0.15) is 0 Å². The Morgan fingerprint density at radius 1 is 0.977 bits per heavy atom. The largest absolute Gasteiger partial charge is 0.461 e. The minimum Gasteiger partial charge on any atom is -0.461 e. The summed E-state index contributed by atoms with van der Waals surface area (Å²) in [5.41, 5.74) is 2.01. The van der Waals surface area contributed by atoms with Gasteiger partial charge in [0, 0.05) is 35.5 Å². The highest BCUT2D eigenvalue weighted by Crippen LogP contribution is 2.29. The van der Waals surface area contributed by atoms with Gasteiger partial charge in [-0.25, -0.2) is 9.59 Å². The second-order valence-corrected chi connectivity index (χ2v) is 12.0. The Bertz CT molecular complexity index is 1420. The molecule has 3 amide bonds. The standard InChI is InChI=1S/C33H42N4O6/c1-5-42-31(40)28-19-24-18-25(15-16-26(24)36-28)35-30(39)27(17-21-9-7-6-8-10-21)37-29(38)23-13-11-22(12-14-23)20-34-32(41)43-33(2,3)4/h6-10,15-16,18-19,22-23,27,36H,5,11-14,17,20H2,1-4H3,(H,34,41)(H,35,39)(H,37,38)/t22?,23?,27-/m0/s1. The molecule has 4 N–H and O–H groups in total. The van der Waals surface area contributed by atoms with E-state index in [9.17, 15) is 19.2 Å². The molecule has 1 heterocycles. The van der Waals surface area contributed by atoms with Crippen LogP contribution in [0.25, 0.3) is 10.9 Å². The number of nitrogens with one attached hydrogen (secondary N) is 4. The number of ether oxygens (including phenoxy) is 2. The average molecular weight is 591 g/mol. The lowest BCUT2D eigenvalue weighted by molar-refractivity contribution is -0.130. The Morgan fingerprint density at radius 3 is 2.37 bits per heavy atom. The number of anilines is 1. The Balaban J connectivity index is 1.37. The predicted molar refractivity (Wildman–Crippen MR) is 165 cm³/mol. The molecular formula is C33H42N4O6. The number of rotatable bonds is 10. The van der Waals surface area contributed by atoms with Crippen molar-refractivity contribution in [2.45, 2.75) is 71.4 Å². The molecular weight excluding hydrogens is 548 g/mol. The van der Waals surface area contributed by atoms with Crippen molar-refractivity contribution in [2.75, 3.05) is 18.5 Å². The van der Waals surface area contributed by atoms with Gasteiger partial charge in [-0.1, -0.05) is 30.3 Å². The summed E-state index contributed by atoms with van der Waals surface area (Å²) >= 11 is 0. The van der Waals surface area contributed by atoms with Crippen LogP contribution in [-0.2, 0) is 25.5 Å². The van der Waals surface area contributed by atoms with Crippen LogP contribution in [0.2, 0.25) is 0 Å². The molecule has 0 saturated heterocycles. The maximum Gasteiger partial charge on any atom is 0.407 e. The molecule has 0 radical (unpaired) electrons. The zero-order valence-electron chi connectivity index (χ0n) is 25.3. The van der Waals surface area contributed by atoms with Crippen LogP contribution in [0.1, 0.15) is 69.4 Å². The van der Waals surface area contributed by atoms with Crippen LogP contribution >= 0.6 is 0 Å². The fraction of sp³-hybridized carbons (Fsp3) is 0.455. The van der Waals surface area contributed by atoms with E-state index in [2.05, 4.69) is 20.9 Å². The van der Waals surface area contributed by atoms with E-state index in [1.165, 1.54) is 0 Å². The molecule has 1 aliphatic rings. The van der Waals surface area contributed by atoms with Gasteiger partial charge in [0.25, 0.3) is 0 Å². The number of aromatic amines is 1. The van der Waals surface area contributed by atoms with Gasteiger partial charge in [0.1, 0.15) is 17.3 Å². The molecule has 0 spiro atoms. The highest BCUT2D eigenvalue weighted by atomic mass is 16.6. The van der Waals surface area contributed by atoms with Gasteiger partial charge in [0.05, 0.1) is 6.61 Å². The Labute approximate surface area is 252 Å². The van der Waals surface area contributed by atoms with E-state index in [0.717, 1.165) is 29.3 Å². The number of hydrogen-bond donors (Lipinski definition) is 4. The van der Waals surface area contributed by atoms with Crippen LogP contribution in [0.15, 0.2) is 54.6 Å². The zero-order valence-corrected chi connectivity index (χ0v) is 25.3. The maximum atomic E-state index is 13.5. The first-order chi connectivity index (χ1) is 20.5. The van der Waals surface area contributed by atoms with Crippen LogP contribution in [0.5, 0.6) is 0 Å². The van der Waals surface area contributed by atoms with E-state index < -0.39 is 23.7 Å². The quantitative estimate of drug-likeness (QED) is 0.235. The first kappa shape index (κ1) is 31.6. The Kier molecular flexibility index (Phi) is 10.4. The Hall–Kier alpha value is -4.34. The van der Waals surface area contributed by atoms with Crippen LogP contribution in [0, 0.1) is 11.8 Å². The van der Waals surface area contributed by atoms with Crippen LogP contribution in [0.4, 0.5) is 10.5 Å². The minimum absolute atomic E-state index is 0.144. The number of carbonyl (C=O) groups is 4. The number of H-pyrrole nitrogens is 1. The number of esters is 1. The van der Waals surface area contributed by atoms with Gasteiger partial charge in [-0.15, -0.1) is 0 Å². The normalized spacial score (nSPS) is 17.5. The third-order valence-electron chi connectivity index (χ3n) is 7.45. The summed E-state index contributed by atoms with van der Waals surface area (Å²) in [5, 5.41) is 9.54. The number of fused-ring (bicyclic) bond motifs is 1. The van der Waals surface area contributed by atoms with E-state index in [4.69, 9.17) is 9.47 Å². The molecule has 43 heavy (non-hydrogen) atoms. The number of alkyl carbamates (subject to hydrolysis) is 1. The van der Waals surface area contributed by atoms with E-state index in [0.29, 0.717) is 37.2 Å². The molecule has 1 aliphatic carbocycles.